The van der Waals surface area contributed by atoms with E-state index < -0.39 is 27.2 Å². The van der Waals surface area contributed by atoms with Crippen molar-refractivity contribution in [2.75, 3.05) is 36.8 Å². The molecule has 2 fully saturated rings. The smallest absolute Gasteiger partial charge is 0.316 e. The largest absolute Gasteiger partial charge is 0.483 e. The maximum Gasteiger partial charge on any atom is 0.316 e. The molecule has 9 nitrogen and oxygen atoms in total. The van der Waals surface area contributed by atoms with E-state index >= 15 is 0 Å². The Bertz CT molecular complexity index is 1460. The molecule has 0 radical (unpaired) electrons. The van der Waals surface area contributed by atoms with E-state index in [1.807, 2.05) is 4.90 Å². The van der Waals surface area contributed by atoms with Gasteiger partial charge in [-0.05, 0) is 49.4 Å². The number of anilines is 2. The lowest BCUT2D eigenvalue weighted by atomic mass is 10.2. The van der Waals surface area contributed by atoms with Crippen molar-refractivity contribution < 1.29 is 21.9 Å². The molecular formula is C26H29F2N5O4S. The molecule has 2 aliphatic rings. The fourth-order valence-corrected chi connectivity index (χ4v) is 6.50. The van der Waals surface area contributed by atoms with Gasteiger partial charge < -0.3 is 15.4 Å². The molecule has 0 amide bonds. The highest BCUT2D eigenvalue weighted by atomic mass is 32.2. The highest BCUT2D eigenvalue weighted by Gasteiger charge is 2.31. The SMILES string of the molecule is Nc1ccccc1CS(=O)(=O)N1CCN(c2cnn(-c3cc(F)cc(F)c3)c(=O)c2OC2CCCC2)CC1. The predicted octanol–water partition coefficient (Wildman–Crippen LogP) is 3.07. The maximum absolute atomic E-state index is 13.9. The standard InChI is InChI=1S/C26H29F2N5O4S/c27-19-13-20(28)15-21(14-19)33-26(34)25(37-22-6-2-3-7-22)24(16-30-33)31-9-11-32(12-10-31)38(35,36)17-18-5-1-4-8-23(18)29/h1,4-5,8,13-16,22H,2-3,6-7,9-12,17,29H2. The number of nitrogens with zero attached hydrogens (tertiary/aromatic N) is 4. The third-order valence-corrected chi connectivity index (χ3v) is 8.79. The number of piperazine rings is 1. The van der Waals surface area contributed by atoms with Crippen LogP contribution in [0.25, 0.3) is 5.69 Å². The van der Waals surface area contributed by atoms with Crippen LogP contribution in [0, 0.1) is 11.6 Å². The third kappa shape index (κ3) is 5.51. The van der Waals surface area contributed by atoms with Crippen LogP contribution in [0.1, 0.15) is 31.2 Å². The van der Waals surface area contributed by atoms with E-state index in [1.165, 1.54) is 10.5 Å². The highest BCUT2D eigenvalue weighted by Crippen LogP contribution is 2.31. The van der Waals surface area contributed by atoms with Crippen LogP contribution in [-0.2, 0) is 15.8 Å². The normalized spacial score (nSPS) is 17.2. The summed E-state index contributed by atoms with van der Waals surface area (Å²) in [6, 6.07) is 9.64. The van der Waals surface area contributed by atoms with Crippen molar-refractivity contribution in [2.45, 2.75) is 37.5 Å². The zero-order chi connectivity index (χ0) is 26.9. The van der Waals surface area contributed by atoms with Crippen molar-refractivity contribution in [2.24, 2.45) is 0 Å². The number of para-hydroxylation sites is 1. The van der Waals surface area contributed by atoms with Crippen molar-refractivity contribution in [3.05, 3.63) is 76.2 Å². The molecule has 38 heavy (non-hydrogen) atoms. The first-order valence-corrected chi connectivity index (χ1v) is 14.1. The summed E-state index contributed by atoms with van der Waals surface area (Å²) in [7, 11) is -3.61. The number of nitrogen functional groups attached to an aromatic ring is 1. The van der Waals surface area contributed by atoms with E-state index in [9.17, 15) is 22.0 Å². The molecule has 1 aromatic heterocycles. The highest BCUT2D eigenvalue weighted by molar-refractivity contribution is 7.88. The first-order valence-electron chi connectivity index (χ1n) is 12.5. The zero-order valence-electron chi connectivity index (χ0n) is 20.7. The number of nitrogens with two attached hydrogens (primary N) is 1. The number of aromatic nitrogens is 2. The summed E-state index contributed by atoms with van der Waals surface area (Å²) < 4.78 is 62.3. The Morgan fingerprint density at radius 2 is 1.66 bits per heavy atom. The van der Waals surface area contributed by atoms with Gasteiger partial charge in [-0.3, -0.25) is 4.79 Å². The summed E-state index contributed by atoms with van der Waals surface area (Å²) in [6.45, 7) is 1.03. The van der Waals surface area contributed by atoms with Crippen LogP contribution in [0.5, 0.6) is 5.75 Å². The molecule has 0 atom stereocenters. The van der Waals surface area contributed by atoms with E-state index in [4.69, 9.17) is 10.5 Å². The molecule has 2 aromatic carbocycles. The number of benzene rings is 2. The maximum atomic E-state index is 13.9. The van der Waals surface area contributed by atoms with Crippen LogP contribution >= 0.6 is 0 Å². The van der Waals surface area contributed by atoms with E-state index in [0.29, 0.717) is 30.0 Å². The number of rotatable bonds is 7. The molecule has 2 heterocycles. The van der Waals surface area contributed by atoms with Gasteiger partial charge in [-0.1, -0.05) is 18.2 Å². The van der Waals surface area contributed by atoms with Gasteiger partial charge in [0.05, 0.1) is 23.7 Å². The van der Waals surface area contributed by atoms with Crippen LogP contribution in [0.3, 0.4) is 0 Å². The molecule has 5 rings (SSSR count). The van der Waals surface area contributed by atoms with Gasteiger partial charge in [-0.25, -0.2) is 17.2 Å². The van der Waals surface area contributed by atoms with Crippen LogP contribution in [0.15, 0.2) is 53.5 Å². The topological polar surface area (TPSA) is 111 Å². The lowest BCUT2D eigenvalue weighted by Gasteiger charge is -2.36. The second-order valence-electron chi connectivity index (χ2n) is 9.57. The Hall–Kier alpha value is -3.51. The monoisotopic (exact) mass is 545 g/mol. The summed E-state index contributed by atoms with van der Waals surface area (Å²) in [5.74, 6) is -1.81. The minimum absolute atomic E-state index is 0.0462. The van der Waals surface area contributed by atoms with Gasteiger partial charge >= 0.3 is 5.56 Å². The van der Waals surface area contributed by atoms with Crippen molar-refractivity contribution >= 4 is 21.4 Å². The summed E-state index contributed by atoms with van der Waals surface area (Å²) in [5, 5.41) is 4.18. The Kier molecular flexibility index (Phi) is 7.35. The molecule has 3 aromatic rings. The Morgan fingerprint density at radius 1 is 1.00 bits per heavy atom. The number of halogens is 2. The molecule has 2 N–H and O–H groups in total. The van der Waals surface area contributed by atoms with Gasteiger partial charge in [-0.15, -0.1) is 0 Å². The van der Waals surface area contributed by atoms with Crippen LogP contribution in [0.2, 0.25) is 0 Å². The van der Waals surface area contributed by atoms with Crippen molar-refractivity contribution in [3.63, 3.8) is 0 Å². The Labute approximate surface area is 219 Å². The average molecular weight is 546 g/mol. The number of hydrogen-bond acceptors (Lipinski definition) is 7. The summed E-state index contributed by atoms with van der Waals surface area (Å²) in [5.41, 5.74) is 6.66. The predicted molar refractivity (Wildman–Crippen MR) is 140 cm³/mol. The van der Waals surface area contributed by atoms with Gasteiger partial charge in [0.1, 0.15) is 17.3 Å². The van der Waals surface area contributed by atoms with Gasteiger partial charge in [0.2, 0.25) is 15.8 Å². The Balaban J connectivity index is 1.40. The molecule has 0 spiro atoms. The van der Waals surface area contributed by atoms with E-state index in [1.54, 1.807) is 24.3 Å². The second-order valence-corrected chi connectivity index (χ2v) is 11.5. The molecule has 1 saturated heterocycles. The first-order chi connectivity index (χ1) is 18.2. The van der Waals surface area contributed by atoms with Crippen molar-refractivity contribution in [1.29, 1.82) is 0 Å². The molecule has 0 bridgehead atoms. The molecule has 1 aliphatic heterocycles. The Morgan fingerprint density at radius 3 is 2.32 bits per heavy atom. The van der Waals surface area contributed by atoms with Crippen molar-refractivity contribution in [3.8, 4) is 11.4 Å². The van der Waals surface area contributed by atoms with Gasteiger partial charge in [0, 0.05) is 37.9 Å². The fraction of sp³-hybridized carbons (Fsp3) is 0.385. The van der Waals surface area contributed by atoms with Gasteiger partial charge in [0.25, 0.3) is 0 Å². The van der Waals surface area contributed by atoms with Gasteiger partial charge in [-0.2, -0.15) is 14.1 Å². The molecule has 12 heteroatoms. The van der Waals surface area contributed by atoms with Gasteiger partial charge in [0.15, 0.2) is 0 Å². The van der Waals surface area contributed by atoms with Crippen LogP contribution in [0.4, 0.5) is 20.2 Å². The minimum Gasteiger partial charge on any atom is -0.483 e. The molecule has 0 unspecified atom stereocenters. The lowest BCUT2D eigenvalue weighted by Crippen LogP contribution is -2.49. The number of sulfonamides is 1. The molecular weight excluding hydrogens is 516 g/mol. The second kappa shape index (κ2) is 10.7. The van der Waals surface area contributed by atoms with Crippen LogP contribution in [-0.4, -0.2) is 54.8 Å². The van der Waals surface area contributed by atoms with E-state index in [2.05, 4.69) is 5.10 Å². The average Bonchev–Trinajstić information content (AvgIpc) is 3.39. The molecule has 1 aliphatic carbocycles. The van der Waals surface area contributed by atoms with Crippen LogP contribution < -0.4 is 20.9 Å². The first kappa shape index (κ1) is 26.1. The zero-order valence-corrected chi connectivity index (χ0v) is 21.5. The number of hydrogen-bond donors (Lipinski definition) is 1. The minimum atomic E-state index is -3.61. The van der Waals surface area contributed by atoms with Crippen molar-refractivity contribution in [1.82, 2.24) is 14.1 Å². The summed E-state index contributed by atoms with van der Waals surface area (Å²) >= 11 is 0. The quantitative estimate of drug-likeness (QED) is 0.455. The van der Waals surface area contributed by atoms with E-state index in [-0.39, 0.29) is 36.4 Å². The number of ether oxygens (including phenoxy) is 1. The summed E-state index contributed by atoms with van der Waals surface area (Å²) in [4.78, 5) is 15.3. The lowest BCUT2D eigenvalue weighted by molar-refractivity contribution is 0.205. The van der Waals surface area contributed by atoms with E-state index in [0.717, 1.165) is 48.6 Å². The third-order valence-electron chi connectivity index (χ3n) is 6.96. The summed E-state index contributed by atoms with van der Waals surface area (Å²) in [6.07, 6.45) is 4.84. The molecule has 1 saturated carbocycles. The fourth-order valence-electron chi connectivity index (χ4n) is 4.94. The molecule has 202 valence electrons.